The average Bonchev–Trinajstić information content (AvgIpc) is 2.78. The Morgan fingerprint density at radius 1 is 0.967 bits per heavy atom. The van der Waals surface area contributed by atoms with E-state index in [9.17, 15) is 9.90 Å². The SMILES string of the molecule is CCCCCOC(=O)C1CCC(O)(c2ccc(-c3ccc(OCC)cc3)cc2)CC1. The lowest BCUT2D eigenvalue weighted by molar-refractivity contribution is -0.152. The first-order chi connectivity index (χ1) is 14.6. The summed E-state index contributed by atoms with van der Waals surface area (Å²) in [5, 5.41) is 11.2. The van der Waals surface area contributed by atoms with Crippen LogP contribution in [0.2, 0.25) is 0 Å². The van der Waals surface area contributed by atoms with Gasteiger partial charge in [-0.05, 0) is 67.9 Å². The number of esters is 1. The van der Waals surface area contributed by atoms with Crippen LogP contribution in [0.15, 0.2) is 48.5 Å². The minimum atomic E-state index is -0.865. The van der Waals surface area contributed by atoms with Gasteiger partial charge >= 0.3 is 5.97 Å². The van der Waals surface area contributed by atoms with Crippen LogP contribution >= 0.6 is 0 Å². The fraction of sp³-hybridized carbons (Fsp3) is 0.500. The molecule has 0 amide bonds. The molecule has 0 atom stereocenters. The molecule has 1 saturated carbocycles. The summed E-state index contributed by atoms with van der Waals surface area (Å²) in [6.45, 7) is 5.28. The molecule has 0 radical (unpaired) electrons. The summed E-state index contributed by atoms with van der Waals surface area (Å²) < 4.78 is 10.9. The van der Waals surface area contributed by atoms with Gasteiger partial charge < -0.3 is 14.6 Å². The first-order valence-electron chi connectivity index (χ1n) is 11.3. The van der Waals surface area contributed by atoms with E-state index < -0.39 is 5.60 Å². The topological polar surface area (TPSA) is 55.8 Å². The Hall–Kier alpha value is -2.33. The van der Waals surface area contributed by atoms with Crippen LogP contribution in [0, 0.1) is 5.92 Å². The fourth-order valence-electron chi connectivity index (χ4n) is 4.15. The standard InChI is InChI=1S/C26H34O4/c1-3-5-6-19-30-25(27)22-15-17-26(28,18-16-22)23-11-7-20(8-12-23)21-9-13-24(14-10-21)29-4-2/h7-14,22,28H,3-6,15-19H2,1-2H3. The average molecular weight is 411 g/mol. The van der Waals surface area contributed by atoms with Crippen molar-refractivity contribution in [3.8, 4) is 16.9 Å². The molecular weight excluding hydrogens is 376 g/mol. The highest BCUT2D eigenvalue weighted by Gasteiger charge is 2.37. The molecule has 0 bridgehead atoms. The number of hydrogen-bond acceptors (Lipinski definition) is 4. The molecule has 1 aliphatic rings. The summed E-state index contributed by atoms with van der Waals surface area (Å²) >= 11 is 0. The second-order valence-corrected chi connectivity index (χ2v) is 8.22. The molecule has 0 aliphatic heterocycles. The van der Waals surface area contributed by atoms with E-state index in [1.54, 1.807) is 0 Å². The lowest BCUT2D eigenvalue weighted by Gasteiger charge is -2.35. The first-order valence-corrected chi connectivity index (χ1v) is 11.3. The third-order valence-corrected chi connectivity index (χ3v) is 6.06. The van der Waals surface area contributed by atoms with E-state index >= 15 is 0 Å². The molecule has 0 heterocycles. The molecule has 1 fully saturated rings. The molecular formula is C26H34O4. The maximum absolute atomic E-state index is 12.3. The van der Waals surface area contributed by atoms with Crippen molar-refractivity contribution >= 4 is 5.97 Å². The van der Waals surface area contributed by atoms with Gasteiger partial charge in [0.15, 0.2) is 0 Å². The second kappa shape index (κ2) is 10.6. The Labute approximate surface area is 180 Å². The van der Waals surface area contributed by atoms with Crippen molar-refractivity contribution in [3.63, 3.8) is 0 Å². The smallest absolute Gasteiger partial charge is 0.308 e. The highest BCUT2D eigenvalue weighted by atomic mass is 16.5. The zero-order valence-electron chi connectivity index (χ0n) is 18.2. The summed E-state index contributed by atoms with van der Waals surface area (Å²) in [4.78, 5) is 12.3. The van der Waals surface area contributed by atoms with Crippen LogP contribution in [-0.2, 0) is 15.1 Å². The van der Waals surface area contributed by atoms with Gasteiger partial charge in [-0.15, -0.1) is 0 Å². The second-order valence-electron chi connectivity index (χ2n) is 8.22. The molecule has 2 aromatic rings. The largest absolute Gasteiger partial charge is 0.494 e. The van der Waals surface area contributed by atoms with Crippen LogP contribution in [0.1, 0.15) is 64.4 Å². The van der Waals surface area contributed by atoms with E-state index in [2.05, 4.69) is 19.1 Å². The van der Waals surface area contributed by atoms with Crippen LogP contribution in [0.25, 0.3) is 11.1 Å². The third kappa shape index (κ3) is 5.63. The molecule has 3 rings (SSSR count). The number of rotatable bonds is 9. The Balaban J connectivity index is 1.56. The van der Waals surface area contributed by atoms with Gasteiger partial charge in [0, 0.05) is 0 Å². The highest BCUT2D eigenvalue weighted by molar-refractivity contribution is 5.72. The van der Waals surface area contributed by atoms with Crippen LogP contribution < -0.4 is 4.74 Å². The zero-order chi connectivity index (χ0) is 21.4. The summed E-state index contributed by atoms with van der Waals surface area (Å²) in [7, 11) is 0. The summed E-state index contributed by atoms with van der Waals surface area (Å²) in [6, 6.07) is 16.2. The maximum atomic E-state index is 12.3. The normalized spacial score (nSPS) is 21.2. The minimum Gasteiger partial charge on any atom is -0.494 e. The minimum absolute atomic E-state index is 0.0879. The van der Waals surface area contributed by atoms with E-state index in [1.165, 1.54) is 0 Å². The van der Waals surface area contributed by atoms with Crippen molar-refractivity contribution in [2.45, 2.75) is 64.4 Å². The van der Waals surface area contributed by atoms with Crippen molar-refractivity contribution in [2.24, 2.45) is 5.92 Å². The van der Waals surface area contributed by atoms with Crippen molar-refractivity contribution in [3.05, 3.63) is 54.1 Å². The van der Waals surface area contributed by atoms with E-state index in [4.69, 9.17) is 9.47 Å². The van der Waals surface area contributed by atoms with E-state index in [1.807, 2.05) is 43.3 Å². The van der Waals surface area contributed by atoms with Crippen LogP contribution in [0.3, 0.4) is 0 Å². The van der Waals surface area contributed by atoms with Crippen LogP contribution in [0.4, 0.5) is 0 Å². The first kappa shape index (κ1) is 22.4. The Bertz CT molecular complexity index is 787. The number of unbranched alkanes of at least 4 members (excludes halogenated alkanes) is 2. The Morgan fingerprint density at radius 3 is 2.13 bits per heavy atom. The zero-order valence-corrected chi connectivity index (χ0v) is 18.2. The van der Waals surface area contributed by atoms with Crippen molar-refractivity contribution in [2.75, 3.05) is 13.2 Å². The van der Waals surface area contributed by atoms with Gasteiger partial charge in [0.05, 0.1) is 24.7 Å². The van der Waals surface area contributed by atoms with Crippen molar-refractivity contribution in [1.82, 2.24) is 0 Å². The molecule has 0 aromatic heterocycles. The van der Waals surface area contributed by atoms with E-state index in [-0.39, 0.29) is 11.9 Å². The van der Waals surface area contributed by atoms with Gasteiger partial charge in [-0.2, -0.15) is 0 Å². The molecule has 162 valence electrons. The number of ether oxygens (including phenoxy) is 2. The molecule has 4 nitrogen and oxygen atoms in total. The van der Waals surface area contributed by atoms with Gasteiger partial charge in [0.2, 0.25) is 0 Å². The van der Waals surface area contributed by atoms with Crippen molar-refractivity contribution < 1.29 is 19.4 Å². The highest BCUT2D eigenvalue weighted by Crippen LogP contribution is 2.40. The molecule has 2 aromatic carbocycles. The third-order valence-electron chi connectivity index (χ3n) is 6.06. The van der Waals surface area contributed by atoms with E-state index in [0.29, 0.717) is 38.9 Å². The molecule has 0 spiro atoms. The molecule has 1 N–H and O–H groups in total. The van der Waals surface area contributed by atoms with Gasteiger partial charge in [-0.1, -0.05) is 56.2 Å². The predicted octanol–water partition coefficient (Wildman–Crippen LogP) is 5.86. The fourth-order valence-corrected chi connectivity index (χ4v) is 4.15. The maximum Gasteiger partial charge on any atom is 0.308 e. The summed E-state index contributed by atoms with van der Waals surface area (Å²) in [5.74, 6) is 0.682. The Morgan fingerprint density at radius 2 is 1.57 bits per heavy atom. The van der Waals surface area contributed by atoms with Gasteiger partial charge in [0.1, 0.15) is 5.75 Å². The predicted molar refractivity (Wildman–Crippen MR) is 119 cm³/mol. The molecule has 1 aliphatic carbocycles. The number of carbonyl (C=O) groups excluding carboxylic acids is 1. The number of hydrogen-bond donors (Lipinski definition) is 1. The molecule has 0 saturated heterocycles. The quantitative estimate of drug-likeness (QED) is 0.415. The summed E-state index contributed by atoms with van der Waals surface area (Å²) in [6.07, 6.45) is 5.65. The van der Waals surface area contributed by atoms with E-state index in [0.717, 1.165) is 41.7 Å². The number of benzene rings is 2. The molecule has 4 heteroatoms. The van der Waals surface area contributed by atoms with Crippen LogP contribution in [-0.4, -0.2) is 24.3 Å². The lowest BCUT2D eigenvalue weighted by atomic mass is 9.75. The van der Waals surface area contributed by atoms with Crippen LogP contribution in [0.5, 0.6) is 5.75 Å². The van der Waals surface area contributed by atoms with Gasteiger partial charge in [-0.3, -0.25) is 4.79 Å². The number of carbonyl (C=O) groups is 1. The molecule has 0 unspecified atom stereocenters. The lowest BCUT2D eigenvalue weighted by Crippen LogP contribution is -2.34. The van der Waals surface area contributed by atoms with Gasteiger partial charge in [-0.25, -0.2) is 0 Å². The molecule has 30 heavy (non-hydrogen) atoms. The summed E-state index contributed by atoms with van der Waals surface area (Å²) in [5.41, 5.74) is 2.28. The van der Waals surface area contributed by atoms with Gasteiger partial charge in [0.25, 0.3) is 0 Å². The monoisotopic (exact) mass is 410 g/mol. The number of aliphatic hydroxyl groups is 1. The Kier molecular flexibility index (Phi) is 7.92. The van der Waals surface area contributed by atoms with Crippen molar-refractivity contribution in [1.29, 1.82) is 0 Å².